The number of piperazine rings is 1. The molecule has 47 heavy (non-hydrogen) atoms. The third kappa shape index (κ3) is 8.68. The molecule has 1 atom stereocenters. The molecule has 0 unspecified atom stereocenters. The van der Waals surface area contributed by atoms with Gasteiger partial charge >= 0.3 is 5.76 Å². The quantitative estimate of drug-likeness (QED) is 0.171. The maximum Gasteiger partial charge on any atom is 0.439 e. The number of H-pyrrole nitrogens is 1. The molecule has 2 fully saturated rings. The Hall–Kier alpha value is -4.45. The maximum absolute atomic E-state index is 13.6. The molecule has 1 aliphatic heterocycles. The molecule has 1 saturated carbocycles. The van der Waals surface area contributed by atoms with Crippen LogP contribution >= 0.6 is 12.4 Å². The summed E-state index contributed by atoms with van der Waals surface area (Å²) < 4.78 is 4.58. The highest BCUT2D eigenvalue weighted by Crippen LogP contribution is 2.29. The number of halogens is 1. The maximum atomic E-state index is 13.6. The molecule has 12 heteroatoms. The molecule has 6 N–H and O–H groups in total. The van der Waals surface area contributed by atoms with E-state index in [-0.39, 0.29) is 30.1 Å². The third-order valence-electron chi connectivity index (χ3n) is 9.13. The Morgan fingerprint density at radius 2 is 1.51 bits per heavy atom. The summed E-state index contributed by atoms with van der Waals surface area (Å²) in [5.74, 6) is -0.414. The highest BCUT2D eigenvalue weighted by molar-refractivity contribution is 5.97. The Balaban J connectivity index is 0.00000433. The highest BCUT2D eigenvalue weighted by atomic mass is 35.5. The van der Waals surface area contributed by atoms with Gasteiger partial charge in [-0.15, -0.1) is 12.4 Å². The minimum absolute atomic E-state index is 0. The summed E-state index contributed by atoms with van der Waals surface area (Å²) >= 11 is 0. The van der Waals surface area contributed by atoms with Crippen LogP contribution in [0.5, 0.6) is 0 Å². The van der Waals surface area contributed by atoms with Crippen LogP contribution in [0.2, 0.25) is 0 Å². The van der Waals surface area contributed by atoms with E-state index in [1.807, 2.05) is 12.1 Å². The fourth-order valence-electron chi connectivity index (χ4n) is 6.31. The van der Waals surface area contributed by atoms with E-state index in [9.17, 15) is 14.4 Å². The smallest absolute Gasteiger partial charge is 0.369 e. The molecule has 1 aromatic heterocycles. The molecule has 11 nitrogen and oxygen atoms in total. The van der Waals surface area contributed by atoms with Gasteiger partial charge in [0.15, 0.2) is 5.82 Å². The van der Waals surface area contributed by atoms with Crippen LogP contribution in [-0.2, 0) is 16.0 Å². The first-order chi connectivity index (χ1) is 22.4. The number of benzene rings is 3. The molecule has 248 valence electrons. The number of hydrogen-bond donors (Lipinski definition) is 5. The highest BCUT2D eigenvalue weighted by Gasteiger charge is 2.29. The van der Waals surface area contributed by atoms with Crippen LogP contribution in [0.15, 0.2) is 82.1 Å². The van der Waals surface area contributed by atoms with Gasteiger partial charge in [0.2, 0.25) is 11.8 Å². The molecule has 3 aromatic carbocycles. The van der Waals surface area contributed by atoms with Gasteiger partial charge in [-0.1, -0.05) is 41.6 Å². The molecule has 2 aliphatic rings. The first kappa shape index (κ1) is 33.9. The Morgan fingerprint density at radius 3 is 2.11 bits per heavy atom. The first-order valence-electron chi connectivity index (χ1n) is 16.1. The Bertz CT molecular complexity index is 1660. The van der Waals surface area contributed by atoms with Crippen molar-refractivity contribution in [2.45, 2.75) is 38.1 Å². The van der Waals surface area contributed by atoms with Crippen molar-refractivity contribution in [1.29, 1.82) is 0 Å². The topological polar surface area (TPSA) is 158 Å². The first-order valence-corrected chi connectivity index (χ1v) is 16.1. The Morgan fingerprint density at radius 1 is 0.894 bits per heavy atom. The number of amides is 2. The van der Waals surface area contributed by atoms with Crippen molar-refractivity contribution in [3.63, 3.8) is 0 Å². The number of carbonyl (C=O) groups excluding carboxylic acids is 2. The van der Waals surface area contributed by atoms with Crippen LogP contribution in [0.25, 0.3) is 22.5 Å². The van der Waals surface area contributed by atoms with Crippen molar-refractivity contribution in [2.24, 2.45) is 17.6 Å². The minimum Gasteiger partial charge on any atom is -0.369 e. The second-order valence-electron chi connectivity index (χ2n) is 12.2. The monoisotopic (exact) mass is 659 g/mol. The normalized spacial score (nSPS) is 18.5. The predicted molar refractivity (Wildman–Crippen MR) is 186 cm³/mol. The van der Waals surface area contributed by atoms with E-state index >= 15 is 0 Å². The second kappa shape index (κ2) is 15.9. The van der Waals surface area contributed by atoms with E-state index in [4.69, 9.17) is 5.73 Å². The van der Waals surface area contributed by atoms with E-state index in [1.54, 1.807) is 24.3 Å². The summed E-state index contributed by atoms with van der Waals surface area (Å²) in [6, 6.07) is 22.9. The minimum atomic E-state index is -0.768. The van der Waals surface area contributed by atoms with Crippen LogP contribution in [-0.4, -0.2) is 60.7 Å². The molecule has 2 heterocycles. The van der Waals surface area contributed by atoms with Gasteiger partial charge in [0, 0.05) is 55.5 Å². The van der Waals surface area contributed by atoms with Crippen LogP contribution in [0.3, 0.4) is 0 Å². The average Bonchev–Trinajstić information content (AvgIpc) is 3.55. The molecule has 1 saturated heterocycles. The molecule has 4 aromatic rings. The molecule has 2 amide bonds. The second-order valence-corrected chi connectivity index (χ2v) is 12.2. The van der Waals surface area contributed by atoms with Gasteiger partial charge in [-0.3, -0.25) is 19.1 Å². The largest absolute Gasteiger partial charge is 0.439 e. The number of carbonyl (C=O) groups is 2. The van der Waals surface area contributed by atoms with Crippen molar-refractivity contribution >= 4 is 35.6 Å². The molecular formula is C35H42ClN7O4. The number of aromatic nitrogens is 2. The summed E-state index contributed by atoms with van der Waals surface area (Å²) in [4.78, 5) is 43.2. The third-order valence-corrected chi connectivity index (χ3v) is 9.13. The number of nitrogens with one attached hydrogen (secondary N) is 4. The molecule has 0 bridgehead atoms. The van der Waals surface area contributed by atoms with Crippen molar-refractivity contribution in [3.8, 4) is 22.5 Å². The van der Waals surface area contributed by atoms with E-state index in [0.717, 1.165) is 68.6 Å². The molecule has 1 aliphatic carbocycles. The molecule has 0 spiro atoms. The summed E-state index contributed by atoms with van der Waals surface area (Å²) in [6.07, 6.45) is 3.74. The summed E-state index contributed by atoms with van der Waals surface area (Å²) in [7, 11) is 0. The molecule has 0 radical (unpaired) electrons. The van der Waals surface area contributed by atoms with Gasteiger partial charge in [0.25, 0.3) is 0 Å². The van der Waals surface area contributed by atoms with Gasteiger partial charge in [0.05, 0.1) is 0 Å². The van der Waals surface area contributed by atoms with Crippen LogP contribution < -0.4 is 32.3 Å². The Labute approximate surface area is 280 Å². The van der Waals surface area contributed by atoms with Crippen molar-refractivity contribution in [2.75, 3.05) is 42.9 Å². The van der Waals surface area contributed by atoms with Gasteiger partial charge in [-0.05, 0) is 91.2 Å². The van der Waals surface area contributed by atoms with E-state index in [1.165, 1.54) is 5.69 Å². The predicted octanol–water partition coefficient (Wildman–Crippen LogP) is 3.96. The lowest BCUT2D eigenvalue weighted by Crippen LogP contribution is -2.48. The lowest BCUT2D eigenvalue weighted by atomic mass is 9.81. The number of rotatable bonds is 10. The lowest BCUT2D eigenvalue weighted by Gasteiger charge is -2.29. The zero-order valence-corrected chi connectivity index (χ0v) is 27.1. The lowest BCUT2D eigenvalue weighted by molar-refractivity contribution is -0.130. The van der Waals surface area contributed by atoms with Crippen molar-refractivity contribution in [1.82, 2.24) is 20.8 Å². The molecule has 6 rings (SSSR count). The van der Waals surface area contributed by atoms with Crippen molar-refractivity contribution < 1.29 is 14.1 Å². The summed E-state index contributed by atoms with van der Waals surface area (Å²) in [5.41, 5.74) is 11.4. The number of nitrogens with two attached hydrogens (primary N) is 1. The average molecular weight is 660 g/mol. The summed E-state index contributed by atoms with van der Waals surface area (Å²) in [5, 5.41) is 13.1. The number of anilines is 2. The SMILES string of the molecule is Cl.NCC1CCC(C(=O)N[C@@H](Cc2ccc(-c3ccc(N4CCNCC4)cc3)cc2)C(=O)Nc2ccc(-c3noc(=O)[nH]3)cc2)CC1. The fraction of sp³-hybridized carbons (Fsp3) is 0.371. The zero-order valence-electron chi connectivity index (χ0n) is 26.2. The van der Waals surface area contributed by atoms with Crippen molar-refractivity contribution in [3.05, 3.63) is 88.9 Å². The van der Waals surface area contributed by atoms with Crippen LogP contribution in [0.4, 0.5) is 11.4 Å². The van der Waals surface area contributed by atoms with E-state index < -0.39 is 11.8 Å². The number of nitrogens with zero attached hydrogens (tertiary/aromatic N) is 2. The standard InChI is InChI=1S/C35H41N7O4.ClH/c36-22-24-3-7-28(8-4-24)33(43)39-31(34(44)38-29-13-9-27(10-14-29)32-40-35(45)46-41-32)21-23-1-5-25(6-2-23)26-11-15-30(16-12-26)42-19-17-37-18-20-42;/h1-2,5-6,9-16,24,28,31,37H,3-4,7-8,17-22,36H2,(H,38,44)(H,39,43)(H,40,41,45);1H/t24?,28?,31-;/m0./s1. The van der Waals surface area contributed by atoms with Gasteiger partial charge < -0.3 is 26.6 Å². The molecular weight excluding hydrogens is 618 g/mol. The fourth-order valence-corrected chi connectivity index (χ4v) is 6.31. The van der Waals surface area contributed by atoms with E-state index in [0.29, 0.717) is 36.0 Å². The summed E-state index contributed by atoms with van der Waals surface area (Å²) in [6.45, 7) is 4.64. The van der Waals surface area contributed by atoms with Gasteiger partial charge in [-0.25, -0.2) is 4.79 Å². The van der Waals surface area contributed by atoms with Gasteiger partial charge in [0.1, 0.15) is 6.04 Å². The Kier molecular flexibility index (Phi) is 11.5. The number of hydrogen-bond acceptors (Lipinski definition) is 8. The zero-order chi connectivity index (χ0) is 31.9. The number of aromatic amines is 1. The van der Waals surface area contributed by atoms with Gasteiger partial charge in [-0.2, -0.15) is 0 Å². The van der Waals surface area contributed by atoms with E-state index in [2.05, 4.69) is 71.9 Å². The van der Waals surface area contributed by atoms with Crippen LogP contribution in [0, 0.1) is 11.8 Å². The van der Waals surface area contributed by atoms with Crippen LogP contribution in [0.1, 0.15) is 31.2 Å².